The Bertz CT molecular complexity index is 144. The van der Waals surface area contributed by atoms with Crippen LogP contribution in [0.1, 0.15) is 20.3 Å². The third-order valence-electron chi connectivity index (χ3n) is 1.96. The average Bonchev–Trinajstić information content (AvgIpc) is 2.05. The molecule has 0 aromatic rings. The molecule has 0 atom stereocenters. The van der Waals surface area contributed by atoms with Crippen molar-refractivity contribution in [3.63, 3.8) is 0 Å². The molecular formula is C9H18O3. The smallest absolute Gasteiger partial charge is 0.0518 e. The van der Waals surface area contributed by atoms with E-state index >= 15 is 0 Å². The SMILES string of the molecule is CC(C)=C(CCO)C(CO)CO. The third-order valence-corrected chi connectivity index (χ3v) is 1.96. The van der Waals surface area contributed by atoms with E-state index < -0.39 is 0 Å². The van der Waals surface area contributed by atoms with Gasteiger partial charge < -0.3 is 15.3 Å². The van der Waals surface area contributed by atoms with Crippen molar-refractivity contribution in [2.45, 2.75) is 20.3 Å². The number of rotatable bonds is 5. The van der Waals surface area contributed by atoms with E-state index in [0.29, 0.717) is 6.42 Å². The fraction of sp³-hybridized carbons (Fsp3) is 0.778. The maximum atomic E-state index is 8.90. The minimum atomic E-state index is -0.206. The number of aliphatic hydroxyl groups excluding tert-OH is 3. The van der Waals surface area contributed by atoms with E-state index in [0.717, 1.165) is 11.1 Å². The number of aliphatic hydroxyl groups is 3. The summed E-state index contributed by atoms with van der Waals surface area (Å²) in [5.74, 6) is -0.206. The monoisotopic (exact) mass is 174 g/mol. The maximum absolute atomic E-state index is 8.90. The van der Waals surface area contributed by atoms with E-state index in [9.17, 15) is 0 Å². The lowest BCUT2D eigenvalue weighted by Crippen LogP contribution is -2.16. The summed E-state index contributed by atoms with van der Waals surface area (Å²) in [7, 11) is 0. The first-order chi connectivity index (χ1) is 5.67. The Morgan fingerprint density at radius 3 is 1.83 bits per heavy atom. The highest BCUT2D eigenvalue weighted by Crippen LogP contribution is 2.18. The van der Waals surface area contributed by atoms with Gasteiger partial charge >= 0.3 is 0 Å². The summed E-state index contributed by atoms with van der Waals surface area (Å²) in [6, 6.07) is 0. The van der Waals surface area contributed by atoms with Crippen LogP contribution in [0.5, 0.6) is 0 Å². The van der Waals surface area contributed by atoms with E-state index in [1.54, 1.807) is 0 Å². The van der Waals surface area contributed by atoms with Gasteiger partial charge in [0, 0.05) is 12.5 Å². The molecule has 3 heteroatoms. The Morgan fingerprint density at radius 2 is 1.58 bits per heavy atom. The molecule has 0 radical (unpaired) electrons. The van der Waals surface area contributed by atoms with Crippen LogP contribution in [0.4, 0.5) is 0 Å². The Kier molecular flexibility index (Phi) is 5.98. The average molecular weight is 174 g/mol. The van der Waals surface area contributed by atoms with Crippen molar-refractivity contribution in [1.29, 1.82) is 0 Å². The van der Waals surface area contributed by atoms with Crippen LogP contribution in [0, 0.1) is 5.92 Å². The lowest BCUT2D eigenvalue weighted by atomic mass is 9.94. The van der Waals surface area contributed by atoms with Crippen molar-refractivity contribution >= 4 is 0 Å². The second kappa shape index (κ2) is 6.17. The van der Waals surface area contributed by atoms with Crippen LogP contribution in [-0.2, 0) is 0 Å². The van der Waals surface area contributed by atoms with Crippen LogP contribution >= 0.6 is 0 Å². The van der Waals surface area contributed by atoms with E-state index in [2.05, 4.69) is 0 Å². The summed E-state index contributed by atoms with van der Waals surface area (Å²) >= 11 is 0. The molecule has 0 bridgehead atoms. The minimum Gasteiger partial charge on any atom is -0.396 e. The van der Waals surface area contributed by atoms with Gasteiger partial charge in [-0.2, -0.15) is 0 Å². The quantitative estimate of drug-likeness (QED) is 0.525. The molecule has 0 aromatic heterocycles. The van der Waals surface area contributed by atoms with E-state index in [1.807, 2.05) is 13.8 Å². The fourth-order valence-electron chi connectivity index (χ4n) is 1.26. The summed E-state index contributed by atoms with van der Waals surface area (Å²) in [5.41, 5.74) is 2.03. The summed E-state index contributed by atoms with van der Waals surface area (Å²) in [6.07, 6.45) is 0.536. The molecule has 3 N–H and O–H groups in total. The van der Waals surface area contributed by atoms with E-state index in [1.165, 1.54) is 0 Å². The lowest BCUT2D eigenvalue weighted by molar-refractivity contribution is 0.164. The number of hydrogen-bond donors (Lipinski definition) is 3. The van der Waals surface area contributed by atoms with Crippen LogP contribution in [-0.4, -0.2) is 35.1 Å². The number of hydrogen-bond acceptors (Lipinski definition) is 3. The summed E-state index contributed by atoms with van der Waals surface area (Å²) in [4.78, 5) is 0. The topological polar surface area (TPSA) is 60.7 Å². The Morgan fingerprint density at radius 1 is 1.08 bits per heavy atom. The van der Waals surface area contributed by atoms with Crippen molar-refractivity contribution in [3.05, 3.63) is 11.1 Å². The van der Waals surface area contributed by atoms with Gasteiger partial charge in [0.2, 0.25) is 0 Å². The van der Waals surface area contributed by atoms with Gasteiger partial charge in [-0.05, 0) is 20.3 Å². The first-order valence-corrected chi connectivity index (χ1v) is 4.16. The summed E-state index contributed by atoms with van der Waals surface area (Å²) < 4.78 is 0. The zero-order valence-corrected chi connectivity index (χ0v) is 7.75. The van der Waals surface area contributed by atoms with Gasteiger partial charge in [0.05, 0.1) is 13.2 Å². The predicted octanol–water partition coefficient (Wildman–Crippen LogP) is 0.306. The van der Waals surface area contributed by atoms with Gasteiger partial charge in [0.15, 0.2) is 0 Å². The largest absolute Gasteiger partial charge is 0.396 e. The molecule has 0 aliphatic rings. The fourth-order valence-corrected chi connectivity index (χ4v) is 1.26. The van der Waals surface area contributed by atoms with Gasteiger partial charge in [-0.3, -0.25) is 0 Å². The normalized spacial score (nSPS) is 10.5. The van der Waals surface area contributed by atoms with Crippen molar-refractivity contribution in [2.75, 3.05) is 19.8 Å². The third kappa shape index (κ3) is 3.34. The van der Waals surface area contributed by atoms with Crippen molar-refractivity contribution < 1.29 is 15.3 Å². The second-order valence-corrected chi connectivity index (χ2v) is 3.06. The molecule has 0 saturated carbocycles. The van der Waals surface area contributed by atoms with Gasteiger partial charge in [-0.25, -0.2) is 0 Å². The number of allylic oxidation sites excluding steroid dienone is 1. The molecular weight excluding hydrogens is 156 g/mol. The molecule has 0 fully saturated rings. The van der Waals surface area contributed by atoms with Gasteiger partial charge in [-0.1, -0.05) is 11.1 Å². The lowest BCUT2D eigenvalue weighted by Gasteiger charge is -2.16. The summed E-state index contributed by atoms with van der Waals surface area (Å²) in [6.45, 7) is 3.79. The zero-order valence-electron chi connectivity index (χ0n) is 7.75. The van der Waals surface area contributed by atoms with Crippen LogP contribution in [0.25, 0.3) is 0 Å². The molecule has 0 saturated heterocycles. The Labute approximate surface area is 73.4 Å². The van der Waals surface area contributed by atoms with Crippen molar-refractivity contribution in [1.82, 2.24) is 0 Å². The molecule has 0 amide bonds. The van der Waals surface area contributed by atoms with Gasteiger partial charge in [-0.15, -0.1) is 0 Å². The molecule has 72 valence electrons. The standard InChI is InChI=1S/C9H18O3/c1-7(2)9(3-4-10)8(5-11)6-12/h8,10-12H,3-6H2,1-2H3. The van der Waals surface area contributed by atoms with Crippen LogP contribution in [0.3, 0.4) is 0 Å². The summed E-state index contributed by atoms with van der Waals surface area (Å²) in [5, 5.41) is 26.5. The van der Waals surface area contributed by atoms with E-state index in [4.69, 9.17) is 15.3 Å². The predicted molar refractivity (Wildman–Crippen MR) is 47.7 cm³/mol. The molecule has 0 aliphatic carbocycles. The molecule has 0 aromatic carbocycles. The highest BCUT2D eigenvalue weighted by molar-refractivity contribution is 5.13. The van der Waals surface area contributed by atoms with Crippen LogP contribution in [0.15, 0.2) is 11.1 Å². The minimum absolute atomic E-state index is 0.0585. The first kappa shape index (κ1) is 11.6. The first-order valence-electron chi connectivity index (χ1n) is 4.16. The molecule has 0 aliphatic heterocycles. The molecule has 12 heavy (non-hydrogen) atoms. The van der Waals surface area contributed by atoms with Gasteiger partial charge in [0.1, 0.15) is 0 Å². The molecule has 0 rings (SSSR count). The van der Waals surface area contributed by atoms with Gasteiger partial charge in [0.25, 0.3) is 0 Å². The van der Waals surface area contributed by atoms with Crippen molar-refractivity contribution in [2.24, 2.45) is 5.92 Å². The molecule has 0 unspecified atom stereocenters. The van der Waals surface area contributed by atoms with E-state index in [-0.39, 0.29) is 25.7 Å². The Hall–Kier alpha value is -0.380. The maximum Gasteiger partial charge on any atom is 0.0518 e. The Balaban J connectivity index is 4.38. The molecule has 0 heterocycles. The molecule has 0 spiro atoms. The highest BCUT2D eigenvalue weighted by Gasteiger charge is 2.12. The van der Waals surface area contributed by atoms with Crippen molar-refractivity contribution in [3.8, 4) is 0 Å². The zero-order chi connectivity index (χ0) is 9.56. The van der Waals surface area contributed by atoms with Crippen LogP contribution in [0.2, 0.25) is 0 Å². The second-order valence-electron chi connectivity index (χ2n) is 3.06. The molecule has 3 nitrogen and oxygen atoms in total. The highest BCUT2D eigenvalue weighted by atomic mass is 16.3. The van der Waals surface area contributed by atoms with Crippen LogP contribution < -0.4 is 0 Å².